The molecule has 1 aromatic heterocycles. The summed E-state index contributed by atoms with van der Waals surface area (Å²) in [4.78, 5) is 27.9. The van der Waals surface area contributed by atoms with E-state index in [1.807, 2.05) is 4.90 Å². The first-order chi connectivity index (χ1) is 21.7. The highest BCUT2D eigenvalue weighted by Gasteiger charge is 2.43. The number of piperazine rings is 1. The first kappa shape index (κ1) is 33.6. The van der Waals surface area contributed by atoms with Gasteiger partial charge in [-0.25, -0.2) is 18.7 Å². The van der Waals surface area contributed by atoms with Gasteiger partial charge in [-0.1, -0.05) is 13.5 Å². The molecule has 8 nitrogen and oxygen atoms in total. The Hall–Kier alpha value is -3.79. The first-order valence-electron chi connectivity index (χ1n) is 15.7. The standard InChI is InChI=1S/C33H40F5N7O/c1-18-14-24-26(16-23(18)28-29(33(36,37)38)19(2)15-25(40)30(28)35)41-27(8-7-21-6-5-11-43(21)4)42-31(24)44-12-13-45(32(46)20(3)34)22(17-44)9-10-39/h15,18,21-23H,3,5-9,11-14,16-17,40H2,1-2,4H3/t18-,21-,22+,23-/m0/s1. The number of halogens is 5. The van der Waals surface area contributed by atoms with Gasteiger partial charge in [0.1, 0.15) is 17.5 Å². The van der Waals surface area contributed by atoms with Gasteiger partial charge < -0.3 is 20.4 Å². The van der Waals surface area contributed by atoms with E-state index in [0.29, 0.717) is 36.3 Å². The van der Waals surface area contributed by atoms with Gasteiger partial charge in [-0.2, -0.15) is 18.4 Å². The maximum atomic E-state index is 15.6. The van der Waals surface area contributed by atoms with Crippen LogP contribution >= 0.6 is 0 Å². The number of nitrogens with zero attached hydrogens (tertiary/aromatic N) is 6. The fourth-order valence-electron chi connectivity index (χ4n) is 7.54. The Kier molecular flexibility index (Phi) is 9.59. The van der Waals surface area contributed by atoms with E-state index in [2.05, 4.69) is 24.6 Å². The number of rotatable bonds is 7. The van der Waals surface area contributed by atoms with Crippen molar-refractivity contribution in [2.75, 3.05) is 43.9 Å². The number of anilines is 2. The highest BCUT2D eigenvalue weighted by molar-refractivity contribution is 5.91. The number of aromatic nitrogens is 2. The zero-order chi connectivity index (χ0) is 33.5. The maximum absolute atomic E-state index is 15.6. The minimum atomic E-state index is -4.78. The molecule has 0 bridgehead atoms. The van der Waals surface area contributed by atoms with Gasteiger partial charge in [0, 0.05) is 43.2 Å². The van der Waals surface area contributed by atoms with Crippen molar-refractivity contribution < 1.29 is 26.7 Å². The molecule has 1 aliphatic carbocycles. The van der Waals surface area contributed by atoms with E-state index in [0.717, 1.165) is 37.4 Å². The molecule has 3 aliphatic rings. The van der Waals surface area contributed by atoms with E-state index >= 15 is 4.39 Å². The third-order valence-electron chi connectivity index (χ3n) is 9.90. The average molecular weight is 646 g/mol. The van der Waals surface area contributed by atoms with Crippen molar-refractivity contribution in [3.05, 3.63) is 58.1 Å². The van der Waals surface area contributed by atoms with Crippen LogP contribution < -0.4 is 10.6 Å². The van der Waals surface area contributed by atoms with Gasteiger partial charge in [0.05, 0.1) is 35.5 Å². The molecule has 3 heterocycles. The number of carbonyl (C=O) groups is 1. The molecule has 46 heavy (non-hydrogen) atoms. The summed E-state index contributed by atoms with van der Waals surface area (Å²) in [6.45, 7) is 7.86. The van der Waals surface area contributed by atoms with Crippen LogP contribution in [0.5, 0.6) is 0 Å². The zero-order valence-corrected chi connectivity index (χ0v) is 26.4. The van der Waals surface area contributed by atoms with Gasteiger partial charge in [0.2, 0.25) is 0 Å². The molecule has 1 amide bonds. The van der Waals surface area contributed by atoms with Gasteiger partial charge in [-0.3, -0.25) is 4.79 Å². The molecular weight excluding hydrogens is 605 g/mol. The number of likely N-dealkylation sites (tertiary alicyclic amines) is 1. The third kappa shape index (κ3) is 6.54. The van der Waals surface area contributed by atoms with Crippen molar-refractivity contribution in [1.82, 2.24) is 19.8 Å². The molecule has 2 aliphatic heterocycles. The monoisotopic (exact) mass is 645 g/mol. The molecule has 2 fully saturated rings. The largest absolute Gasteiger partial charge is 0.417 e. The van der Waals surface area contributed by atoms with Gasteiger partial charge in [-0.05, 0) is 76.1 Å². The molecule has 4 atom stereocenters. The molecule has 0 spiro atoms. The summed E-state index contributed by atoms with van der Waals surface area (Å²) >= 11 is 0. The lowest BCUT2D eigenvalue weighted by atomic mass is 9.73. The van der Waals surface area contributed by atoms with Gasteiger partial charge in [0.25, 0.3) is 5.91 Å². The number of nitriles is 1. The second kappa shape index (κ2) is 13.1. The average Bonchev–Trinajstić information content (AvgIpc) is 3.40. The number of alkyl halides is 3. The van der Waals surface area contributed by atoms with Gasteiger partial charge in [-0.15, -0.1) is 0 Å². The SMILES string of the molecule is C=C(F)C(=O)N1CCN(c2nc(CC[C@@H]3CCCN3C)nc3c2C[C@H](C)[C@@H](c2c(F)c(N)cc(C)c2C(F)(F)F)C3)C[C@H]1CC#N. The number of benzene rings is 1. The molecule has 0 unspecified atom stereocenters. The normalized spacial score (nSPS) is 23.7. The van der Waals surface area contributed by atoms with Crippen molar-refractivity contribution in [1.29, 1.82) is 5.26 Å². The topological polar surface area (TPSA) is 102 Å². The highest BCUT2D eigenvalue weighted by atomic mass is 19.4. The van der Waals surface area contributed by atoms with E-state index in [-0.39, 0.29) is 43.6 Å². The predicted molar refractivity (Wildman–Crippen MR) is 164 cm³/mol. The first-order valence-corrected chi connectivity index (χ1v) is 15.7. The van der Waals surface area contributed by atoms with Crippen LogP contribution in [0, 0.1) is 30.0 Å². The molecule has 0 saturated carbocycles. The Morgan fingerprint density at radius 1 is 1.20 bits per heavy atom. The van der Waals surface area contributed by atoms with Crippen LogP contribution in [0.25, 0.3) is 0 Å². The highest BCUT2D eigenvalue weighted by Crippen LogP contribution is 2.47. The number of fused-ring (bicyclic) bond motifs is 1. The number of hydrogen-bond donors (Lipinski definition) is 1. The summed E-state index contributed by atoms with van der Waals surface area (Å²) in [5.41, 5.74) is 5.31. The molecule has 2 saturated heterocycles. The summed E-state index contributed by atoms with van der Waals surface area (Å²) < 4.78 is 72.5. The van der Waals surface area contributed by atoms with Crippen LogP contribution in [-0.2, 0) is 30.2 Å². The van der Waals surface area contributed by atoms with Crippen molar-refractivity contribution in [2.45, 2.75) is 83.0 Å². The summed E-state index contributed by atoms with van der Waals surface area (Å²) in [5, 5.41) is 9.49. The predicted octanol–water partition coefficient (Wildman–Crippen LogP) is 5.48. The minimum absolute atomic E-state index is 0.0313. The van der Waals surface area contributed by atoms with Gasteiger partial charge >= 0.3 is 6.18 Å². The summed E-state index contributed by atoms with van der Waals surface area (Å²) in [7, 11) is 2.07. The number of carbonyl (C=O) groups excluding carboxylic acids is 1. The van der Waals surface area contributed by atoms with Crippen LogP contribution in [0.2, 0.25) is 0 Å². The lowest BCUT2D eigenvalue weighted by Gasteiger charge is -2.42. The third-order valence-corrected chi connectivity index (χ3v) is 9.90. The summed E-state index contributed by atoms with van der Waals surface area (Å²) in [6, 6.07) is 2.85. The lowest BCUT2D eigenvalue weighted by Crippen LogP contribution is -2.55. The van der Waals surface area contributed by atoms with Crippen LogP contribution in [0.3, 0.4) is 0 Å². The smallest absolute Gasteiger partial charge is 0.396 e. The van der Waals surface area contributed by atoms with Crippen LogP contribution in [0.4, 0.5) is 33.5 Å². The molecular formula is C33H40F5N7O. The number of amides is 1. The molecule has 2 aromatic rings. The van der Waals surface area contributed by atoms with Crippen LogP contribution in [0.1, 0.15) is 72.3 Å². The number of nitrogen functional groups attached to an aromatic ring is 1. The second-order valence-corrected chi connectivity index (χ2v) is 12.9. The van der Waals surface area contributed by atoms with Crippen molar-refractivity contribution in [3.8, 4) is 6.07 Å². The van der Waals surface area contributed by atoms with E-state index in [1.54, 1.807) is 6.92 Å². The molecule has 13 heteroatoms. The van der Waals surface area contributed by atoms with Crippen LogP contribution in [0.15, 0.2) is 18.5 Å². The second-order valence-electron chi connectivity index (χ2n) is 12.9. The number of nitrogens with two attached hydrogens (primary N) is 1. The maximum Gasteiger partial charge on any atom is 0.417 e. The Morgan fingerprint density at radius 2 is 1.93 bits per heavy atom. The minimum Gasteiger partial charge on any atom is -0.396 e. The van der Waals surface area contributed by atoms with E-state index < -0.39 is 52.7 Å². The number of aryl methyl sites for hydroxylation is 2. The van der Waals surface area contributed by atoms with E-state index in [9.17, 15) is 27.6 Å². The van der Waals surface area contributed by atoms with Crippen LogP contribution in [-0.4, -0.2) is 71.0 Å². The molecule has 5 rings (SSSR count). The Bertz CT molecular complexity index is 1550. The van der Waals surface area contributed by atoms with E-state index in [4.69, 9.17) is 15.7 Å². The van der Waals surface area contributed by atoms with E-state index in [1.165, 1.54) is 11.8 Å². The Morgan fingerprint density at radius 3 is 2.57 bits per heavy atom. The Balaban J connectivity index is 1.56. The van der Waals surface area contributed by atoms with Crippen molar-refractivity contribution in [3.63, 3.8) is 0 Å². The zero-order valence-electron chi connectivity index (χ0n) is 26.4. The van der Waals surface area contributed by atoms with Crippen molar-refractivity contribution >= 4 is 17.4 Å². The molecule has 248 valence electrons. The molecule has 1 aromatic carbocycles. The quantitative estimate of drug-likeness (QED) is 0.242. The fraction of sp³-hybridized carbons (Fsp3) is 0.576. The summed E-state index contributed by atoms with van der Waals surface area (Å²) in [5.74, 6) is -3.13. The molecule has 0 radical (unpaired) electrons. The molecule has 2 N–H and O–H groups in total. The van der Waals surface area contributed by atoms with Crippen molar-refractivity contribution in [2.24, 2.45) is 5.92 Å². The lowest BCUT2D eigenvalue weighted by molar-refractivity contribution is -0.139. The summed E-state index contributed by atoms with van der Waals surface area (Å²) in [6.07, 6.45) is -0.976. The fourth-order valence-corrected chi connectivity index (χ4v) is 7.54. The van der Waals surface area contributed by atoms with Gasteiger partial charge in [0.15, 0.2) is 5.83 Å². The number of hydrogen-bond acceptors (Lipinski definition) is 7. The Labute approximate surface area is 266 Å².